The molecule has 1 atom stereocenters. The molecule has 1 N–H and O–H groups in total. The lowest BCUT2D eigenvalue weighted by Crippen LogP contribution is -2.28. The van der Waals surface area contributed by atoms with Crippen molar-refractivity contribution < 1.29 is 28.7 Å². The molecule has 0 bridgehead atoms. The van der Waals surface area contributed by atoms with Gasteiger partial charge in [0.2, 0.25) is 11.8 Å². The van der Waals surface area contributed by atoms with Crippen LogP contribution in [0.5, 0.6) is 5.75 Å². The highest BCUT2D eigenvalue weighted by atomic mass is 16.5. The van der Waals surface area contributed by atoms with Crippen molar-refractivity contribution in [3.63, 3.8) is 0 Å². The topological polar surface area (TPSA) is 102 Å². The molecule has 8 heteroatoms. The molecule has 0 aliphatic carbocycles. The van der Waals surface area contributed by atoms with Crippen molar-refractivity contribution in [2.24, 2.45) is 5.92 Å². The van der Waals surface area contributed by atoms with Crippen LogP contribution in [0.15, 0.2) is 78.9 Å². The minimum absolute atomic E-state index is 0.109. The average Bonchev–Trinajstić information content (AvgIpc) is 3.29. The van der Waals surface area contributed by atoms with Gasteiger partial charge in [-0.1, -0.05) is 30.3 Å². The maximum atomic E-state index is 12.7. The Kier molecular flexibility index (Phi) is 7.21. The maximum Gasteiger partial charge on any atom is 0.338 e. The fraction of sp³-hybridized carbons (Fsp3) is 0.185. The standard InChI is InChI=1S/C27H24N2O6/c1-34-23-13-11-22(12-14-23)29-16-20(15-25(29)31)26(32)28-21-9-7-19(8-10-21)27(33)35-17-24(30)18-5-3-2-4-6-18/h2-14,20H,15-17H2,1H3,(H,28,32)/t20-/m1/s1. The number of anilines is 2. The lowest BCUT2D eigenvalue weighted by Gasteiger charge is -2.17. The van der Waals surface area contributed by atoms with Crippen LogP contribution in [-0.2, 0) is 14.3 Å². The number of hydrogen-bond donors (Lipinski definition) is 1. The van der Waals surface area contributed by atoms with Gasteiger partial charge in [0, 0.05) is 29.9 Å². The molecular formula is C27H24N2O6. The van der Waals surface area contributed by atoms with E-state index in [-0.39, 0.29) is 42.7 Å². The number of amides is 2. The number of methoxy groups -OCH3 is 1. The SMILES string of the molecule is COc1ccc(N2C[C@H](C(=O)Nc3ccc(C(=O)OCC(=O)c4ccccc4)cc3)CC2=O)cc1. The Balaban J connectivity index is 1.30. The van der Waals surface area contributed by atoms with E-state index in [2.05, 4.69) is 5.32 Å². The minimum Gasteiger partial charge on any atom is -0.497 e. The highest BCUT2D eigenvalue weighted by Crippen LogP contribution is 2.27. The van der Waals surface area contributed by atoms with Crippen molar-refractivity contribution in [2.75, 3.05) is 30.5 Å². The van der Waals surface area contributed by atoms with E-state index in [1.165, 1.54) is 12.1 Å². The molecule has 1 saturated heterocycles. The van der Waals surface area contributed by atoms with Crippen LogP contribution in [0.1, 0.15) is 27.1 Å². The molecule has 1 fully saturated rings. The van der Waals surface area contributed by atoms with E-state index in [4.69, 9.17) is 9.47 Å². The van der Waals surface area contributed by atoms with E-state index >= 15 is 0 Å². The van der Waals surface area contributed by atoms with E-state index in [0.717, 1.165) is 0 Å². The van der Waals surface area contributed by atoms with Crippen LogP contribution < -0.4 is 15.0 Å². The summed E-state index contributed by atoms with van der Waals surface area (Å²) in [7, 11) is 1.57. The van der Waals surface area contributed by atoms with Gasteiger partial charge in [-0.3, -0.25) is 14.4 Å². The largest absolute Gasteiger partial charge is 0.497 e. The van der Waals surface area contributed by atoms with Gasteiger partial charge in [-0.2, -0.15) is 0 Å². The molecule has 0 radical (unpaired) electrons. The summed E-state index contributed by atoms with van der Waals surface area (Å²) in [5.74, 6) is -1.15. The molecule has 1 aliphatic rings. The summed E-state index contributed by atoms with van der Waals surface area (Å²) in [4.78, 5) is 51.1. The first-order valence-electron chi connectivity index (χ1n) is 11.1. The monoisotopic (exact) mass is 472 g/mol. The van der Waals surface area contributed by atoms with Gasteiger partial charge in [-0.25, -0.2) is 4.79 Å². The quantitative estimate of drug-likeness (QED) is 0.396. The molecular weight excluding hydrogens is 448 g/mol. The first-order valence-corrected chi connectivity index (χ1v) is 11.1. The third-order valence-electron chi connectivity index (χ3n) is 5.70. The van der Waals surface area contributed by atoms with Gasteiger partial charge < -0.3 is 19.7 Å². The normalized spacial score (nSPS) is 14.9. The van der Waals surface area contributed by atoms with Crippen molar-refractivity contribution in [1.82, 2.24) is 0 Å². The fourth-order valence-electron chi connectivity index (χ4n) is 3.75. The third kappa shape index (κ3) is 5.73. The summed E-state index contributed by atoms with van der Waals surface area (Å²) in [6, 6.07) is 21.8. The van der Waals surface area contributed by atoms with Gasteiger partial charge in [0.25, 0.3) is 0 Å². The Morgan fingerprint density at radius 3 is 2.26 bits per heavy atom. The van der Waals surface area contributed by atoms with Crippen LogP contribution in [0.2, 0.25) is 0 Å². The summed E-state index contributed by atoms with van der Waals surface area (Å²) >= 11 is 0. The van der Waals surface area contributed by atoms with Crippen LogP contribution in [0.4, 0.5) is 11.4 Å². The zero-order valence-corrected chi connectivity index (χ0v) is 19.1. The predicted octanol–water partition coefficient (Wildman–Crippen LogP) is 3.73. The number of nitrogens with one attached hydrogen (secondary N) is 1. The van der Waals surface area contributed by atoms with Crippen LogP contribution in [0, 0.1) is 5.92 Å². The van der Waals surface area contributed by atoms with Crippen LogP contribution in [-0.4, -0.2) is 43.8 Å². The molecule has 3 aromatic rings. The number of ether oxygens (including phenoxy) is 2. The number of carbonyl (C=O) groups is 4. The summed E-state index contributed by atoms with van der Waals surface area (Å²) in [5.41, 5.74) is 1.92. The summed E-state index contributed by atoms with van der Waals surface area (Å²) in [6.07, 6.45) is 0.109. The highest BCUT2D eigenvalue weighted by Gasteiger charge is 2.35. The Morgan fingerprint density at radius 1 is 0.914 bits per heavy atom. The van der Waals surface area contributed by atoms with Gasteiger partial charge in [0.15, 0.2) is 12.4 Å². The molecule has 2 amide bonds. The zero-order chi connectivity index (χ0) is 24.8. The molecule has 8 nitrogen and oxygen atoms in total. The number of benzene rings is 3. The van der Waals surface area contributed by atoms with E-state index in [9.17, 15) is 19.2 Å². The second-order valence-electron chi connectivity index (χ2n) is 8.04. The number of rotatable bonds is 8. The average molecular weight is 472 g/mol. The molecule has 178 valence electrons. The number of hydrogen-bond acceptors (Lipinski definition) is 6. The molecule has 0 saturated carbocycles. The first-order chi connectivity index (χ1) is 16.9. The Hall–Kier alpha value is -4.46. The van der Waals surface area contributed by atoms with Crippen molar-refractivity contribution >= 4 is 34.9 Å². The number of ketones is 1. The maximum absolute atomic E-state index is 12.7. The number of esters is 1. The van der Waals surface area contributed by atoms with Crippen LogP contribution in [0.25, 0.3) is 0 Å². The third-order valence-corrected chi connectivity index (χ3v) is 5.70. The van der Waals surface area contributed by atoms with Gasteiger partial charge in [0.1, 0.15) is 5.75 Å². The van der Waals surface area contributed by atoms with E-state index in [1.807, 2.05) is 0 Å². The van der Waals surface area contributed by atoms with E-state index < -0.39 is 11.9 Å². The summed E-state index contributed by atoms with van der Waals surface area (Å²) < 4.78 is 10.2. The lowest BCUT2D eigenvalue weighted by atomic mass is 10.1. The summed E-state index contributed by atoms with van der Waals surface area (Å²) in [6.45, 7) is -0.0847. The molecule has 4 rings (SSSR count). The van der Waals surface area contributed by atoms with Crippen molar-refractivity contribution in [3.05, 3.63) is 90.0 Å². The number of carbonyl (C=O) groups excluding carboxylic acids is 4. The molecule has 35 heavy (non-hydrogen) atoms. The van der Waals surface area contributed by atoms with E-state index in [0.29, 0.717) is 22.7 Å². The van der Waals surface area contributed by atoms with Crippen LogP contribution in [0.3, 0.4) is 0 Å². The molecule has 0 spiro atoms. The Labute approximate surface area is 202 Å². The Morgan fingerprint density at radius 2 is 1.60 bits per heavy atom. The second kappa shape index (κ2) is 10.6. The number of Topliss-reactive ketones (excluding diaryl/α,β-unsaturated/α-hetero) is 1. The van der Waals surface area contributed by atoms with Gasteiger partial charge in [-0.15, -0.1) is 0 Å². The molecule has 3 aromatic carbocycles. The van der Waals surface area contributed by atoms with Crippen LogP contribution >= 0.6 is 0 Å². The highest BCUT2D eigenvalue weighted by molar-refractivity contribution is 6.04. The first kappa shape index (κ1) is 23.7. The zero-order valence-electron chi connectivity index (χ0n) is 19.1. The smallest absolute Gasteiger partial charge is 0.338 e. The summed E-state index contributed by atoms with van der Waals surface area (Å²) in [5, 5.41) is 2.79. The minimum atomic E-state index is -0.635. The van der Waals surface area contributed by atoms with Crippen molar-refractivity contribution in [2.45, 2.75) is 6.42 Å². The van der Waals surface area contributed by atoms with E-state index in [1.54, 1.807) is 78.7 Å². The molecule has 1 heterocycles. The Bertz CT molecular complexity index is 1220. The molecule has 0 aromatic heterocycles. The number of nitrogens with zero attached hydrogens (tertiary/aromatic N) is 1. The molecule has 1 aliphatic heterocycles. The van der Waals surface area contributed by atoms with Crippen molar-refractivity contribution in [3.8, 4) is 5.75 Å². The van der Waals surface area contributed by atoms with Gasteiger partial charge in [-0.05, 0) is 48.5 Å². The predicted molar refractivity (Wildman–Crippen MR) is 130 cm³/mol. The van der Waals surface area contributed by atoms with Crippen molar-refractivity contribution in [1.29, 1.82) is 0 Å². The molecule has 0 unspecified atom stereocenters. The lowest BCUT2D eigenvalue weighted by molar-refractivity contribution is -0.122. The van der Waals surface area contributed by atoms with Gasteiger partial charge in [0.05, 0.1) is 18.6 Å². The van der Waals surface area contributed by atoms with Gasteiger partial charge >= 0.3 is 5.97 Å². The second-order valence-corrected chi connectivity index (χ2v) is 8.04. The fourth-order valence-corrected chi connectivity index (χ4v) is 3.75.